The Labute approximate surface area is 122 Å². The van der Waals surface area contributed by atoms with Gasteiger partial charge in [0.15, 0.2) is 0 Å². The first kappa shape index (κ1) is 15.5. The van der Waals surface area contributed by atoms with Crippen LogP contribution < -0.4 is 0 Å². The SMILES string of the molecule is CC[C@H]1CN(Cc2cccc(F)c2C)CCN1C(C)C. The zero-order valence-electron chi connectivity index (χ0n) is 13.2. The number of piperazine rings is 1. The fourth-order valence-electron chi connectivity index (χ4n) is 3.19. The van der Waals surface area contributed by atoms with Gasteiger partial charge in [-0.1, -0.05) is 19.1 Å². The van der Waals surface area contributed by atoms with Gasteiger partial charge in [0.05, 0.1) is 0 Å². The van der Waals surface area contributed by atoms with E-state index >= 15 is 0 Å². The molecular weight excluding hydrogens is 251 g/mol. The largest absolute Gasteiger partial charge is 0.296 e. The van der Waals surface area contributed by atoms with E-state index in [-0.39, 0.29) is 5.82 Å². The maximum Gasteiger partial charge on any atom is 0.126 e. The van der Waals surface area contributed by atoms with Crippen molar-refractivity contribution in [3.63, 3.8) is 0 Å². The lowest BCUT2D eigenvalue weighted by Gasteiger charge is -2.43. The maximum atomic E-state index is 13.6. The third-order valence-electron chi connectivity index (χ3n) is 4.52. The molecule has 1 aliphatic heterocycles. The van der Waals surface area contributed by atoms with E-state index in [1.807, 2.05) is 19.1 Å². The Bertz CT molecular complexity index is 445. The molecule has 2 rings (SSSR count). The summed E-state index contributed by atoms with van der Waals surface area (Å²) in [6.07, 6.45) is 1.18. The highest BCUT2D eigenvalue weighted by molar-refractivity contribution is 5.27. The molecule has 1 saturated heterocycles. The number of hydrogen-bond acceptors (Lipinski definition) is 2. The van der Waals surface area contributed by atoms with Crippen LogP contribution in [0, 0.1) is 12.7 Å². The number of halogens is 1. The standard InChI is InChI=1S/C17H27FN2/c1-5-16-12-19(9-10-20(16)13(2)3)11-15-7-6-8-17(18)14(15)4/h6-8,13,16H,5,9-12H2,1-4H3/t16-/m0/s1. The van der Waals surface area contributed by atoms with Crippen LogP contribution in [0.5, 0.6) is 0 Å². The highest BCUT2D eigenvalue weighted by Crippen LogP contribution is 2.20. The van der Waals surface area contributed by atoms with Gasteiger partial charge >= 0.3 is 0 Å². The third-order valence-corrected chi connectivity index (χ3v) is 4.52. The third kappa shape index (κ3) is 3.39. The van der Waals surface area contributed by atoms with Crippen LogP contribution in [-0.4, -0.2) is 41.5 Å². The van der Waals surface area contributed by atoms with Crippen LogP contribution in [0.1, 0.15) is 38.3 Å². The van der Waals surface area contributed by atoms with Crippen LogP contribution in [0.15, 0.2) is 18.2 Å². The summed E-state index contributed by atoms with van der Waals surface area (Å²) in [5.41, 5.74) is 1.92. The molecule has 20 heavy (non-hydrogen) atoms. The van der Waals surface area contributed by atoms with Crippen LogP contribution in [0.4, 0.5) is 4.39 Å². The van der Waals surface area contributed by atoms with Crippen LogP contribution in [-0.2, 0) is 6.54 Å². The first-order valence-electron chi connectivity index (χ1n) is 7.75. The minimum atomic E-state index is -0.0876. The van der Waals surface area contributed by atoms with Crippen LogP contribution >= 0.6 is 0 Å². The van der Waals surface area contributed by atoms with Crippen molar-refractivity contribution < 1.29 is 4.39 Å². The first-order chi connectivity index (χ1) is 9.52. The zero-order valence-corrected chi connectivity index (χ0v) is 13.2. The average molecular weight is 278 g/mol. The van der Waals surface area contributed by atoms with Crippen molar-refractivity contribution in [1.82, 2.24) is 9.80 Å². The van der Waals surface area contributed by atoms with Gasteiger partial charge in [0, 0.05) is 38.3 Å². The van der Waals surface area contributed by atoms with Gasteiger partial charge in [0.1, 0.15) is 5.82 Å². The van der Waals surface area contributed by atoms with Gasteiger partial charge in [0.25, 0.3) is 0 Å². The summed E-state index contributed by atoms with van der Waals surface area (Å²) in [5.74, 6) is -0.0876. The van der Waals surface area contributed by atoms with Gasteiger partial charge in [-0.3, -0.25) is 9.80 Å². The van der Waals surface area contributed by atoms with Gasteiger partial charge < -0.3 is 0 Å². The smallest absolute Gasteiger partial charge is 0.126 e. The van der Waals surface area contributed by atoms with Crippen molar-refractivity contribution in [2.75, 3.05) is 19.6 Å². The van der Waals surface area contributed by atoms with E-state index in [1.54, 1.807) is 6.07 Å². The summed E-state index contributed by atoms with van der Waals surface area (Å²) >= 11 is 0. The molecular formula is C17H27FN2. The Morgan fingerprint density at radius 2 is 2.05 bits per heavy atom. The molecule has 1 aromatic rings. The van der Waals surface area contributed by atoms with Crippen molar-refractivity contribution in [3.8, 4) is 0 Å². The molecule has 0 aliphatic carbocycles. The zero-order chi connectivity index (χ0) is 14.7. The van der Waals surface area contributed by atoms with Crippen molar-refractivity contribution in [2.45, 2.75) is 52.7 Å². The number of benzene rings is 1. The van der Waals surface area contributed by atoms with Gasteiger partial charge in [-0.05, 0) is 44.4 Å². The van der Waals surface area contributed by atoms with Crippen molar-refractivity contribution in [1.29, 1.82) is 0 Å². The molecule has 0 saturated carbocycles. The fraction of sp³-hybridized carbons (Fsp3) is 0.647. The molecule has 1 heterocycles. The summed E-state index contributed by atoms with van der Waals surface area (Å²) < 4.78 is 13.6. The molecule has 0 N–H and O–H groups in total. The second-order valence-electron chi connectivity index (χ2n) is 6.15. The van der Waals surface area contributed by atoms with Crippen LogP contribution in [0.3, 0.4) is 0 Å². The van der Waals surface area contributed by atoms with E-state index in [0.29, 0.717) is 12.1 Å². The van der Waals surface area contributed by atoms with E-state index < -0.39 is 0 Å². The number of nitrogens with zero attached hydrogens (tertiary/aromatic N) is 2. The van der Waals surface area contributed by atoms with E-state index in [0.717, 1.165) is 37.3 Å². The molecule has 0 spiro atoms. The van der Waals surface area contributed by atoms with Gasteiger partial charge in [0.2, 0.25) is 0 Å². The van der Waals surface area contributed by atoms with Gasteiger partial charge in [-0.2, -0.15) is 0 Å². The second kappa shape index (κ2) is 6.68. The lowest BCUT2D eigenvalue weighted by molar-refractivity contribution is 0.0455. The molecule has 112 valence electrons. The molecule has 0 radical (unpaired) electrons. The number of hydrogen-bond donors (Lipinski definition) is 0. The molecule has 1 fully saturated rings. The Hall–Kier alpha value is -0.930. The molecule has 1 aromatic carbocycles. The molecule has 0 aromatic heterocycles. The molecule has 0 unspecified atom stereocenters. The van der Waals surface area contributed by atoms with E-state index in [9.17, 15) is 4.39 Å². The van der Waals surface area contributed by atoms with E-state index in [1.165, 1.54) is 6.42 Å². The van der Waals surface area contributed by atoms with Crippen LogP contribution in [0.25, 0.3) is 0 Å². The Morgan fingerprint density at radius 3 is 2.70 bits per heavy atom. The molecule has 0 bridgehead atoms. The predicted molar refractivity (Wildman–Crippen MR) is 82.3 cm³/mol. The monoisotopic (exact) mass is 278 g/mol. The minimum absolute atomic E-state index is 0.0876. The van der Waals surface area contributed by atoms with Crippen molar-refractivity contribution in [3.05, 3.63) is 35.1 Å². The summed E-state index contributed by atoms with van der Waals surface area (Å²) in [4.78, 5) is 5.06. The molecule has 0 amide bonds. The number of rotatable bonds is 4. The molecule has 1 atom stereocenters. The van der Waals surface area contributed by atoms with Gasteiger partial charge in [-0.15, -0.1) is 0 Å². The van der Waals surface area contributed by atoms with Crippen LogP contribution in [0.2, 0.25) is 0 Å². The summed E-state index contributed by atoms with van der Waals surface area (Å²) in [7, 11) is 0. The van der Waals surface area contributed by atoms with Gasteiger partial charge in [-0.25, -0.2) is 4.39 Å². The fourth-order valence-corrected chi connectivity index (χ4v) is 3.19. The Morgan fingerprint density at radius 1 is 1.30 bits per heavy atom. The normalized spacial score (nSPS) is 21.6. The van der Waals surface area contributed by atoms with E-state index in [4.69, 9.17) is 0 Å². The molecule has 1 aliphatic rings. The average Bonchev–Trinajstić information content (AvgIpc) is 2.43. The summed E-state index contributed by atoms with van der Waals surface area (Å²) in [5, 5.41) is 0. The molecule has 3 heteroatoms. The Kier molecular flexibility index (Phi) is 5.17. The maximum absolute atomic E-state index is 13.6. The topological polar surface area (TPSA) is 6.48 Å². The lowest BCUT2D eigenvalue weighted by atomic mass is 10.0. The second-order valence-corrected chi connectivity index (χ2v) is 6.15. The van der Waals surface area contributed by atoms with Crippen molar-refractivity contribution in [2.24, 2.45) is 0 Å². The molecule has 2 nitrogen and oxygen atoms in total. The van der Waals surface area contributed by atoms with E-state index in [2.05, 4.69) is 30.6 Å². The minimum Gasteiger partial charge on any atom is -0.296 e. The summed E-state index contributed by atoms with van der Waals surface area (Å²) in [6.45, 7) is 12.8. The van der Waals surface area contributed by atoms with Crippen molar-refractivity contribution >= 4 is 0 Å². The summed E-state index contributed by atoms with van der Waals surface area (Å²) in [6, 6.07) is 6.65. The first-order valence-corrected chi connectivity index (χ1v) is 7.75. The highest BCUT2D eigenvalue weighted by atomic mass is 19.1. The Balaban J connectivity index is 2.03. The predicted octanol–water partition coefficient (Wildman–Crippen LogP) is 3.44. The highest BCUT2D eigenvalue weighted by Gasteiger charge is 2.27. The quantitative estimate of drug-likeness (QED) is 0.832. The lowest BCUT2D eigenvalue weighted by Crippen LogP contribution is -2.54.